The van der Waals surface area contributed by atoms with Gasteiger partial charge in [0.1, 0.15) is 0 Å². The molecule has 1 aliphatic carbocycles. The predicted molar refractivity (Wildman–Crippen MR) is 75.5 cm³/mol. The highest BCUT2D eigenvalue weighted by Crippen LogP contribution is 2.28. The highest BCUT2D eigenvalue weighted by Gasteiger charge is 2.18. The Labute approximate surface area is 105 Å². The fraction of sp³-hybridized carbons (Fsp3) is 0.600. The summed E-state index contributed by atoms with van der Waals surface area (Å²) in [5.41, 5.74) is 9.30. The van der Waals surface area contributed by atoms with Crippen molar-refractivity contribution in [2.45, 2.75) is 51.5 Å². The molecule has 17 heavy (non-hydrogen) atoms. The van der Waals surface area contributed by atoms with Gasteiger partial charge in [-0.15, -0.1) is 0 Å². The Morgan fingerprint density at radius 3 is 2.35 bits per heavy atom. The molecule has 2 rings (SSSR count). The molecule has 0 saturated heterocycles. The van der Waals surface area contributed by atoms with Crippen LogP contribution in [0.4, 0.5) is 11.4 Å². The quantitative estimate of drug-likeness (QED) is 0.622. The summed E-state index contributed by atoms with van der Waals surface area (Å²) >= 11 is 0. The monoisotopic (exact) mass is 232 g/mol. The number of hydrogen-bond acceptors (Lipinski definition) is 2. The first-order chi connectivity index (χ1) is 8.18. The molecule has 0 bridgehead atoms. The lowest BCUT2D eigenvalue weighted by Gasteiger charge is -2.30. The third-order valence-electron chi connectivity index (χ3n) is 3.97. The number of nitrogens with zero attached hydrogens (tertiary/aromatic N) is 1. The second kappa shape index (κ2) is 5.44. The summed E-state index contributed by atoms with van der Waals surface area (Å²) in [4.78, 5) is 2.46. The van der Waals surface area contributed by atoms with E-state index < -0.39 is 0 Å². The van der Waals surface area contributed by atoms with Gasteiger partial charge in [-0.25, -0.2) is 0 Å². The van der Waals surface area contributed by atoms with Gasteiger partial charge in [-0.2, -0.15) is 0 Å². The van der Waals surface area contributed by atoms with Gasteiger partial charge >= 0.3 is 0 Å². The van der Waals surface area contributed by atoms with E-state index in [1.54, 1.807) is 0 Å². The second-order valence-corrected chi connectivity index (χ2v) is 5.30. The van der Waals surface area contributed by atoms with E-state index in [-0.39, 0.29) is 0 Å². The molecule has 0 aromatic heterocycles. The molecule has 2 heteroatoms. The minimum absolute atomic E-state index is 0.708. The molecule has 0 radical (unpaired) electrons. The van der Waals surface area contributed by atoms with Crippen LogP contribution < -0.4 is 10.6 Å². The van der Waals surface area contributed by atoms with E-state index in [2.05, 4.69) is 31.0 Å². The van der Waals surface area contributed by atoms with E-state index >= 15 is 0 Å². The van der Waals surface area contributed by atoms with Crippen molar-refractivity contribution in [3.05, 3.63) is 23.8 Å². The van der Waals surface area contributed by atoms with E-state index in [1.165, 1.54) is 49.8 Å². The second-order valence-electron chi connectivity index (χ2n) is 5.30. The van der Waals surface area contributed by atoms with Crippen molar-refractivity contribution in [3.63, 3.8) is 0 Å². The van der Waals surface area contributed by atoms with Crippen LogP contribution >= 0.6 is 0 Å². The van der Waals surface area contributed by atoms with Gasteiger partial charge in [0.2, 0.25) is 0 Å². The molecular formula is C15H24N2. The fourth-order valence-corrected chi connectivity index (χ4v) is 2.92. The summed E-state index contributed by atoms with van der Waals surface area (Å²) in [5.74, 6) is 0. The minimum Gasteiger partial charge on any atom is -0.399 e. The first kappa shape index (κ1) is 12.3. The van der Waals surface area contributed by atoms with Gasteiger partial charge in [0.05, 0.1) is 0 Å². The van der Waals surface area contributed by atoms with Gasteiger partial charge < -0.3 is 10.6 Å². The predicted octanol–water partition coefficient (Wildman–Crippen LogP) is 3.74. The molecule has 1 saturated carbocycles. The van der Waals surface area contributed by atoms with Crippen LogP contribution in [-0.2, 0) is 0 Å². The van der Waals surface area contributed by atoms with Crippen molar-refractivity contribution in [2.75, 3.05) is 17.7 Å². The van der Waals surface area contributed by atoms with E-state index in [9.17, 15) is 0 Å². The van der Waals surface area contributed by atoms with Crippen molar-refractivity contribution in [1.29, 1.82) is 0 Å². The first-order valence-electron chi connectivity index (χ1n) is 6.77. The molecule has 1 aromatic carbocycles. The largest absolute Gasteiger partial charge is 0.399 e. The maximum atomic E-state index is 5.81. The van der Waals surface area contributed by atoms with Crippen LogP contribution in [-0.4, -0.2) is 13.1 Å². The maximum absolute atomic E-state index is 5.81. The zero-order valence-electron chi connectivity index (χ0n) is 11.1. The Kier molecular flexibility index (Phi) is 3.93. The summed E-state index contributed by atoms with van der Waals surface area (Å²) in [7, 11) is 2.23. The average Bonchev–Trinajstić information content (AvgIpc) is 2.56. The molecule has 94 valence electrons. The SMILES string of the molecule is Cc1cc(N)ccc1N(C)C1CCCCCC1. The summed E-state index contributed by atoms with van der Waals surface area (Å²) in [6.07, 6.45) is 8.24. The van der Waals surface area contributed by atoms with Crippen LogP contribution in [0.5, 0.6) is 0 Å². The van der Waals surface area contributed by atoms with Gasteiger partial charge in [0.25, 0.3) is 0 Å². The van der Waals surface area contributed by atoms with Crippen molar-refractivity contribution in [2.24, 2.45) is 0 Å². The van der Waals surface area contributed by atoms with E-state index in [0.29, 0.717) is 6.04 Å². The van der Waals surface area contributed by atoms with Crippen molar-refractivity contribution in [1.82, 2.24) is 0 Å². The molecule has 2 N–H and O–H groups in total. The van der Waals surface area contributed by atoms with Gasteiger partial charge in [-0.3, -0.25) is 0 Å². The normalized spacial score (nSPS) is 17.8. The molecule has 0 spiro atoms. The lowest BCUT2D eigenvalue weighted by molar-refractivity contribution is 0.552. The highest BCUT2D eigenvalue weighted by atomic mass is 15.1. The molecule has 0 heterocycles. The van der Waals surface area contributed by atoms with E-state index in [4.69, 9.17) is 5.73 Å². The number of hydrogen-bond donors (Lipinski definition) is 1. The Bertz CT molecular complexity index is 365. The highest BCUT2D eigenvalue weighted by molar-refractivity contribution is 5.59. The van der Waals surface area contributed by atoms with Crippen molar-refractivity contribution in [3.8, 4) is 0 Å². The van der Waals surface area contributed by atoms with E-state index in [1.807, 2.05) is 6.07 Å². The van der Waals surface area contributed by atoms with Crippen LogP contribution in [0.15, 0.2) is 18.2 Å². The standard InChI is InChI=1S/C15H24N2/c1-12-11-13(16)9-10-15(12)17(2)14-7-5-3-4-6-8-14/h9-11,14H,3-8,16H2,1-2H3. The number of anilines is 2. The molecule has 0 unspecified atom stereocenters. The zero-order chi connectivity index (χ0) is 12.3. The van der Waals surface area contributed by atoms with Gasteiger partial charge in [0, 0.05) is 24.5 Å². The topological polar surface area (TPSA) is 29.3 Å². The molecule has 1 aliphatic rings. The number of nitrogens with two attached hydrogens (primary N) is 1. The van der Waals surface area contributed by atoms with E-state index in [0.717, 1.165) is 5.69 Å². The number of nitrogen functional groups attached to an aromatic ring is 1. The number of benzene rings is 1. The molecule has 2 nitrogen and oxygen atoms in total. The van der Waals surface area contributed by atoms with Crippen molar-refractivity contribution < 1.29 is 0 Å². The molecular weight excluding hydrogens is 208 g/mol. The molecule has 0 aliphatic heterocycles. The molecule has 0 amide bonds. The van der Waals surface area contributed by atoms with Crippen LogP contribution in [0, 0.1) is 6.92 Å². The smallest absolute Gasteiger partial charge is 0.0397 e. The molecule has 1 fully saturated rings. The molecule has 0 atom stereocenters. The third kappa shape index (κ3) is 2.93. The zero-order valence-corrected chi connectivity index (χ0v) is 11.1. The fourth-order valence-electron chi connectivity index (χ4n) is 2.92. The summed E-state index contributed by atoms with van der Waals surface area (Å²) < 4.78 is 0. The lowest BCUT2D eigenvalue weighted by Crippen LogP contribution is -2.31. The molecule has 1 aromatic rings. The summed E-state index contributed by atoms with van der Waals surface area (Å²) in [5, 5.41) is 0. The summed E-state index contributed by atoms with van der Waals surface area (Å²) in [6, 6.07) is 6.95. The van der Waals surface area contributed by atoms with Crippen LogP contribution in [0.1, 0.15) is 44.1 Å². The third-order valence-corrected chi connectivity index (χ3v) is 3.97. The Morgan fingerprint density at radius 1 is 1.12 bits per heavy atom. The van der Waals surface area contributed by atoms with Crippen LogP contribution in [0.25, 0.3) is 0 Å². The summed E-state index contributed by atoms with van der Waals surface area (Å²) in [6.45, 7) is 2.15. The van der Waals surface area contributed by atoms with Gasteiger partial charge in [-0.05, 0) is 43.5 Å². The Morgan fingerprint density at radius 2 is 1.76 bits per heavy atom. The van der Waals surface area contributed by atoms with Gasteiger partial charge in [-0.1, -0.05) is 25.7 Å². The maximum Gasteiger partial charge on any atom is 0.0397 e. The number of aryl methyl sites for hydroxylation is 1. The Balaban J connectivity index is 2.14. The van der Waals surface area contributed by atoms with Crippen LogP contribution in [0.3, 0.4) is 0 Å². The van der Waals surface area contributed by atoms with Gasteiger partial charge in [0.15, 0.2) is 0 Å². The lowest BCUT2D eigenvalue weighted by atomic mass is 10.1. The average molecular weight is 232 g/mol. The van der Waals surface area contributed by atoms with Crippen molar-refractivity contribution >= 4 is 11.4 Å². The first-order valence-corrected chi connectivity index (χ1v) is 6.77. The Hall–Kier alpha value is -1.18. The number of rotatable bonds is 2. The minimum atomic E-state index is 0.708. The van der Waals surface area contributed by atoms with Crippen LogP contribution in [0.2, 0.25) is 0 Å².